The molecule has 0 saturated heterocycles. The van der Waals surface area contributed by atoms with Crippen molar-refractivity contribution in [3.05, 3.63) is 94.2 Å². The highest BCUT2D eigenvalue weighted by Crippen LogP contribution is 2.33. The molecule has 0 radical (unpaired) electrons. The first-order valence-electron chi connectivity index (χ1n) is 9.79. The van der Waals surface area contributed by atoms with Crippen molar-refractivity contribution in [1.82, 2.24) is 5.32 Å². The molecule has 0 unspecified atom stereocenters. The first-order valence-corrected chi connectivity index (χ1v) is 9.79. The largest absolute Gasteiger partial charge is 0.380 e. The van der Waals surface area contributed by atoms with Gasteiger partial charge in [-0.25, -0.2) is 9.88 Å². The maximum Gasteiger partial charge on any atom is 0.290 e. The van der Waals surface area contributed by atoms with Gasteiger partial charge in [-0.3, -0.25) is 4.79 Å². The van der Waals surface area contributed by atoms with Crippen LogP contribution in [0.25, 0.3) is 0 Å². The smallest absolute Gasteiger partial charge is 0.290 e. The van der Waals surface area contributed by atoms with Crippen LogP contribution in [0.3, 0.4) is 0 Å². The summed E-state index contributed by atoms with van der Waals surface area (Å²) >= 11 is 0. The highest BCUT2D eigenvalue weighted by molar-refractivity contribution is 6.01. The Morgan fingerprint density at radius 1 is 1.07 bits per heavy atom. The lowest BCUT2D eigenvalue weighted by Gasteiger charge is -2.33. The minimum absolute atomic E-state index is 0.0850. The normalized spacial score (nSPS) is 15.8. The summed E-state index contributed by atoms with van der Waals surface area (Å²) in [6.07, 6.45) is -0.260. The van der Waals surface area contributed by atoms with Gasteiger partial charge in [-0.2, -0.15) is 0 Å². The van der Waals surface area contributed by atoms with Crippen molar-refractivity contribution in [3.63, 3.8) is 0 Å². The molecule has 148 valence electrons. The number of carbonyl (C=O) groups is 1. The van der Waals surface area contributed by atoms with Crippen LogP contribution < -0.4 is 15.2 Å². The second-order valence-electron chi connectivity index (χ2n) is 7.53. The second-order valence-corrected chi connectivity index (χ2v) is 7.53. The van der Waals surface area contributed by atoms with Gasteiger partial charge in [0.15, 0.2) is 6.17 Å². The first-order chi connectivity index (χ1) is 14.1. The van der Waals surface area contributed by atoms with E-state index in [0.29, 0.717) is 18.7 Å². The zero-order valence-corrected chi connectivity index (χ0v) is 17.0. The number of amides is 1. The van der Waals surface area contributed by atoms with Crippen molar-refractivity contribution in [1.29, 1.82) is 0 Å². The lowest BCUT2D eigenvalue weighted by atomic mass is 10.0. The second kappa shape index (κ2) is 8.05. The van der Waals surface area contributed by atoms with Crippen molar-refractivity contribution >= 4 is 11.7 Å². The fourth-order valence-corrected chi connectivity index (χ4v) is 3.87. The predicted molar refractivity (Wildman–Crippen MR) is 112 cm³/mol. The highest BCUT2D eigenvalue weighted by Gasteiger charge is 2.40. The summed E-state index contributed by atoms with van der Waals surface area (Å²) < 4.78 is 5.36. The molecule has 5 heteroatoms. The number of pyridine rings is 1. The van der Waals surface area contributed by atoms with Crippen LogP contribution >= 0.6 is 0 Å². The summed E-state index contributed by atoms with van der Waals surface area (Å²) in [4.78, 5) is 18.8. The van der Waals surface area contributed by atoms with Crippen molar-refractivity contribution in [2.24, 2.45) is 0 Å². The number of aromatic nitrogens is 1. The average Bonchev–Trinajstić information content (AvgIpc) is 2.71. The third kappa shape index (κ3) is 3.87. The molecule has 1 aromatic heterocycles. The number of hydrogen-bond donors (Lipinski definition) is 1. The van der Waals surface area contributed by atoms with E-state index in [4.69, 9.17) is 4.74 Å². The number of benzene rings is 2. The molecule has 5 nitrogen and oxygen atoms in total. The van der Waals surface area contributed by atoms with Gasteiger partial charge in [0.2, 0.25) is 0 Å². The number of anilines is 1. The number of methoxy groups -OCH3 is 1. The molecule has 0 saturated carbocycles. The van der Waals surface area contributed by atoms with Gasteiger partial charge in [-0.1, -0.05) is 60.2 Å². The number of nitrogens with zero attached hydrogens (tertiary/aromatic N) is 1. The molecule has 2 N–H and O–H groups in total. The Balaban J connectivity index is 1.85. The van der Waals surface area contributed by atoms with Crippen molar-refractivity contribution in [2.45, 2.75) is 33.2 Å². The zero-order chi connectivity index (χ0) is 20.4. The number of hydrogen-bond acceptors (Lipinski definition) is 3. The van der Waals surface area contributed by atoms with Crippen LogP contribution in [0.5, 0.6) is 0 Å². The molecular weight excluding hydrogens is 362 g/mol. The molecule has 0 fully saturated rings. The number of aryl methyl sites for hydroxylation is 2. The van der Waals surface area contributed by atoms with Gasteiger partial charge in [0.1, 0.15) is 12.1 Å². The van der Waals surface area contributed by atoms with Crippen LogP contribution in [0, 0.1) is 13.8 Å². The lowest BCUT2D eigenvalue weighted by molar-refractivity contribution is -0.375. The molecule has 29 heavy (non-hydrogen) atoms. The maximum atomic E-state index is 13.1. The summed E-state index contributed by atoms with van der Waals surface area (Å²) in [6, 6.07) is 20.6. The number of fused-ring (bicyclic) bond motifs is 1. The van der Waals surface area contributed by atoms with Crippen LogP contribution in [-0.2, 0) is 17.9 Å². The summed E-state index contributed by atoms with van der Waals surface area (Å²) in [5.74, 6) is 0.744. The van der Waals surface area contributed by atoms with E-state index in [1.165, 1.54) is 11.1 Å². The van der Waals surface area contributed by atoms with Gasteiger partial charge in [-0.05, 0) is 25.5 Å². The van der Waals surface area contributed by atoms with E-state index in [1.54, 1.807) is 7.11 Å². The third-order valence-corrected chi connectivity index (χ3v) is 5.25. The van der Waals surface area contributed by atoms with Crippen LogP contribution in [0.15, 0.2) is 60.7 Å². The average molecular weight is 388 g/mol. The van der Waals surface area contributed by atoms with Crippen molar-refractivity contribution < 1.29 is 14.5 Å². The molecule has 4 rings (SSSR count). The molecule has 2 heterocycles. The summed E-state index contributed by atoms with van der Waals surface area (Å²) in [7, 11) is 1.65. The van der Waals surface area contributed by atoms with E-state index in [9.17, 15) is 4.79 Å². The van der Waals surface area contributed by atoms with Gasteiger partial charge in [0.25, 0.3) is 11.7 Å². The molecule has 3 aromatic rings. The van der Waals surface area contributed by atoms with Gasteiger partial charge < -0.3 is 10.1 Å². The Morgan fingerprint density at radius 3 is 2.48 bits per heavy atom. The van der Waals surface area contributed by atoms with Gasteiger partial charge in [0.05, 0.1) is 12.3 Å². The molecular formula is C24H26N3O2+. The van der Waals surface area contributed by atoms with E-state index in [1.807, 2.05) is 31.2 Å². The molecule has 1 atom stereocenters. The van der Waals surface area contributed by atoms with Crippen LogP contribution in [-0.4, -0.2) is 13.0 Å². The van der Waals surface area contributed by atoms with E-state index < -0.39 is 0 Å². The number of aromatic amines is 1. The molecule has 2 aromatic carbocycles. The predicted octanol–water partition coefficient (Wildman–Crippen LogP) is 3.71. The van der Waals surface area contributed by atoms with Gasteiger partial charge >= 0.3 is 0 Å². The Bertz CT molecular complexity index is 1020. The summed E-state index contributed by atoms with van der Waals surface area (Å²) in [5, 5.41) is 3.21. The fourth-order valence-electron chi connectivity index (χ4n) is 3.87. The monoisotopic (exact) mass is 388 g/mol. The molecule has 0 spiro atoms. The Labute approximate surface area is 171 Å². The Kier molecular flexibility index (Phi) is 5.32. The minimum atomic E-state index is -0.260. The van der Waals surface area contributed by atoms with E-state index >= 15 is 0 Å². The molecule has 1 aliphatic heterocycles. The minimum Gasteiger partial charge on any atom is -0.380 e. The SMILES string of the molecule is COCc1cc(C)[nH+]c2c1C(=O)N[C@H](c1ccc(C)cc1)N2Cc1ccccc1. The van der Waals surface area contributed by atoms with Crippen LogP contribution in [0.4, 0.5) is 5.82 Å². The molecule has 1 aliphatic rings. The Morgan fingerprint density at radius 2 is 1.79 bits per heavy atom. The highest BCUT2D eigenvalue weighted by atomic mass is 16.5. The summed E-state index contributed by atoms with van der Waals surface area (Å²) in [5.41, 5.74) is 5.94. The standard InChI is InChI=1S/C24H25N3O2/c1-16-9-11-19(12-10-16)22-26-24(28)21-20(15-29-3)13-17(2)25-23(21)27(22)14-18-7-5-4-6-8-18/h4-13,22H,14-15H2,1-3H3,(H,26,28)/p+1/t22-/m0/s1. The fraction of sp³-hybridized carbons (Fsp3) is 0.250. The first kappa shape index (κ1) is 19.2. The van der Waals surface area contributed by atoms with Crippen LogP contribution in [0.1, 0.15) is 44.5 Å². The van der Waals surface area contributed by atoms with Crippen molar-refractivity contribution in [2.75, 3.05) is 12.0 Å². The van der Waals surface area contributed by atoms with E-state index in [2.05, 4.69) is 58.5 Å². The van der Waals surface area contributed by atoms with Crippen LogP contribution in [0.2, 0.25) is 0 Å². The molecule has 1 amide bonds. The number of ether oxygens (including phenoxy) is 1. The number of nitrogens with one attached hydrogen (secondary N) is 2. The number of carbonyl (C=O) groups excluding carboxylic acids is 1. The van der Waals surface area contributed by atoms with E-state index in [-0.39, 0.29) is 12.1 Å². The summed E-state index contributed by atoms with van der Waals surface area (Å²) in [6.45, 7) is 5.13. The van der Waals surface area contributed by atoms with Crippen molar-refractivity contribution in [3.8, 4) is 0 Å². The van der Waals surface area contributed by atoms with Gasteiger partial charge in [0, 0.05) is 18.2 Å². The topological polar surface area (TPSA) is 55.7 Å². The quantitative estimate of drug-likeness (QED) is 0.725. The number of H-pyrrole nitrogens is 1. The third-order valence-electron chi connectivity index (χ3n) is 5.25. The zero-order valence-electron chi connectivity index (χ0n) is 17.0. The van der Waals surface area contributed by atoms with E-state index in [0.717, 1.165) is 22.6 Å². The van der Waals surface area contributed by atoms with Gasteiger partial charge in [-0.15, -0.1) is 0 Å². The maximum absolute atomic E-state index is 13.1. The number of rotatable bonds is 5. The molecule has 0 bridgehead atoms. The molecule has 0 aliphatic carbocycles. The lowest BCUT2D eigenvalue weighted by Crippen LogP contribution is -2.49. The Hall–Kier alpha value is -3.18.